The average molecular weight is 227 g/mol. The summed E-state index contributed by atoms with van der Waals surface area (Å²) in [7, 11) is 0. The fourth-order valence-corrected chi connectivity index (χ4v) is 2.05. The van der Waals surface area contributed by atoms with E-state index in [1.54, 1.807) is 0 Å². The first-order valence-corrected chi connectivity index (χ1v) is 4.97. The van der Waals surface area contributed by atoms with Crippen LogP contribution in [0, 0.1) is 0 Å². The quantitative estimate of drug-likeness (QED) is 0.444. The molecule has 4 aromatic rings. The summed E-state index contributed by atoms with van der Waals surface area (Å²) < 4.78 is 73.0. The summed E-state index contributed by atoms with van der Waals surface area (Å²) in [5, 5.41) is 9.75. The Labute approximate surface area is 111 Å². The highest BCUT2D eigenvalue weighted by molar-refractivity contribution is 6.23. The lowest BCUT2D eigenvalue weighted by atomic mass is 9.94. The van der Waals surface area contributed by atoms with E-state index in [4.69, 9.17) is 12.3 Å². The van der Waals surface area contributed by atoms with Crippen LogP contribution in [0.15, 0.2) is 54.4 Å². The van der Waals surface area contributed by atoms with Gasteiger partial charge < -0.3 is 5.11 Å². The van der Waals surface area contributed by atoms with E-state index >= 15 is 0 Å². The molecular weight excluding hydrogens is 208 g/mol. The van der Waals surface area contributed by atoms with E-state index in [1.807, 2.05) is 0 Å². The maximum absolute atomic E-state index is 10.3. The van der Waals surface area contributed by atoms with E-state index in [0.29, 0.717) is 0 Å². The van der Waals surface area contributed by atoms with Gasteiger partial charge in [0, 0.05) is 10.8 Å². The van der Waals surface area contributed by atoms with E-state index in [2.05, 4.69) is 0 Å². The summed E-state index contributed by atoms with van der Waals surface area (Å²) >= 11 is 0. The highest BCUT2D eigenvalue weighted by Crippen LogP contribution is 2.37. The SMILES string of the molecule is [2H]c1c([2H])c2c([2H])c([2H])c3c([2H])c([2H])c(O)c4c([2H])c([2H])c(c1[2H])c2c34. The summed E-state index contributed by atoms with van der Waals surface area (Å²) in [5.41, 5.74) is 0. The van der Waals surface area contributed by atoms with Gasteiger partial charge >= 0.3 is 0 Å². The monoisotopic (exact) mass is 227 g/mol. The maximum atomic E-state index is 10.3. The molecule has 0 amide bonds. The molecule has 0 fully saturated rings. The Hall–Kier alpha value is -2.28. The van der Waals surface area contributed by atoms with Crippen LogP contribution in [0.4, 0.5) is 0 Å². The Kier molecular flexibility index (Phi) is 0.660. The van der Waals surface area contributed by atoms with Crippen LogP contribution in [0.3, 0.4) is 0 Å². The second kappa shape index (κ2) is 2.89. The Morgan fingerprint density at radius 1 is 0.706 bits per heavy atom. The first-order chi connectivity index (χ1) is 12.1. The zero-order valence-electron chi connectivity index (χ0n) is 17.4. The van der Waals surface area contributed by atoms with Crippen molar-refractivity contribution in [1.29, 1.82) is 0 Å². The van der Waals surface area contributed by atoms with Crippen molar-refractivity contribution >= 4 is 32.3 Å². The molecule has 80 valence electrons. The van der Waals surface area contributed by atoms with Gasteiger partial charge in [0.25, 0.3) is 0 Å². The van der Waals surface area contributed by atoms with Gasteiger partial charge in [-0.2, -0.15) is 0 Å². The predicted molar refractivity (Wildman–Crippen MR) is 71.8 cm³/mol. The van der Waals surface area contributed by atoms with Crippen LogP contribution >= 0.6 is 0 Å². The lowest BCUT2D eigenvalue weighted by Crippen LogP contribution is -1.83. The van der Waals surface area contributed by atoms with Gasteiger partial charge in [0.1, 0.15) is 5.75 Å². The Morgan fingerprint density at radius 3 is 2.06 bits per heavy atom. The van der Waals surface area contributed by atoms with Crippen molar-refractivity contribution in [3.8, 4) is 5.75 Å². The van der Waals surface area contributed by atoms with Crippen molar-refractivity contribution < 1.29 is 17.4 Å². The van der Waals surface area contributed by atoms with E-state index in [9.17, 15) is 5.11 Å². The van der Waals surface area contributed by atoms with Crippen LogP contribution in [0.2, 0.25) is 0 Å². The largest absolute Gasteiger partial charge is 0.507 e. The number of phenolic OH excluding ortho intramolecular Hbond substituents is 1. The van der Waals surface area contributed by atoms with Crippen molar-refractivity contribution in [2.75, 3.05) is 0 Å². The third-order valence-electron chi connectivity index (χ3n) is 2.79. The standard InChI is InChI=1S/C16H10O/c17-14-9-7-12-5-4-10-2-1-3-11-6-8-13(14)16(12)15(10)11/h1-9,17H/i1D,2D,3D,4D,5D,6D,7D,8D,9D. The topological polar surface area (TPSA) is 20.2 Å². The molecule has 0 spiro atoms. The molecule has 0 bridgehead atoms. The molecule has 17 heavy (non-hydrogen) atoms. The Balaban J connectivity index is 2.63. The molecule has 0 aliphatic heterocycles. The molecule has 0 saturated carbocycles. The van der Waals surface area contributed by atoms with Gasteiger partial charge in [0.2, 0.25) is 0 Å². The second-order valence-corrected chi connectivity index (χ2v) is 3.72. The first-order valence-electron chi connectivity index (χ1n) is 9.47. The zero-order valence-corrected chi connectivity index (χ0v) is 8.45. The van der Waals surface area contributed by atoms with E-state index in [-0.39, 0.29) is 32.3 Å². The predicted octanol–water partition coefficient (Wildman–Crippen LogP) is 4.29. The van der Waals surface area contributed by atoms with Crippen LogP contribution in [0.5, 0.6) is 5.75 Å². The highest BCUT2D eigenvalue weighted by Gasteiger charge is 2.09. The van der Waals surface area contributed by atoms with Crippen molar-refractivity contribution in [2.24, 2.45) is 0 Å². The van der Waals surface area contributed by atoms with Crippen molar-refractivity contribution in [2.45, 2.75) is 0 Å². The molecule has 0 unspecified atom stereocenters. The molecule has 0 radical (unpaired) electrons. The van der Waals surface area contributed by atoms with Crippen LogP contribution in [-0.4, -0.2) is 5.11 Å². The lowest BCUT2D eigenvalue weighted by molar-refractivity contribution is 0.482. The van der Waals surface area contributed by atoms with Crippen molar-refractivity contribution in [3.63, 3.8) is 0 Å². The highest BCUT2D eigenvalue weighted by atomic mass is 16.3. The smallest absolute Gasteiger partial charge is 0.123 e. The number of aromatic hydroxyl groups is 1. The Bertz CT molecular complexity index is 1090. The third-order valence-corrected chi connectivity index (χ3v) is 2.79. The fraction of sp³-hybridized carbons (Fsp3) is 0. The molecule has 1 N–H and O–H groups in total. The number of phenols is 1. The van der Waals surface area contributed by atoms with E-state index in [0.717, 1.165) is 0 Å². The van der Waals surface area contributed by atoms with Crippen LogP contribution < -0.4 is 0 Å². The first kappa shape index (κ1) is 3.88. The summed E-state index contributed by atoms with van der Waals surface area (Å²) in [6.45, 7) is 0. The van der Waals surface area contributed by atoms with Crippen LogP contribution in [0.25, 0.3) is 32.3 Å². The molecule has 1 heteroatoms. The minimum atomic E-state index is -0.686. The van der Waals surface area contributed by atoms with Gasteiger partial charge in [-0.15, -0.1) is 0 Å². The minimum absolute atomic E-state index is 0.0116. The minimum Gasteiger partial charge on any atom is -0.507 e. The third kappa shape index (κ3) is 1.03. The lowest BCUT2D eigenvalue weighted by Gasteiger charge is -2.11. The number of hydrogen-bond donors (Lipinski definition) is 1. The van der Waals surface area contributed by atoms with Crippen molar-refractivity contribution in [3.05, 3.63) is 54.4 Å². The van der Waals surface area contributed by atoms with Gasteiger partial charge in [-0.05, 0) is 27.6 Å². The van der Waals surface area contributed by atoms with E-state index in [1.165, 1.54) is 0 Å². The summed E-state index contributed by atoms with van der Waals surface area (Å²) in [6.07, 6.45) is 0. The molecule has 0 saturated heterocycles. The molecule has 0 heterocycles. The molecule has 0 aliphatic carbocycles. The molecule has 4 aromatic carbocycles. The summed E-state index contributed by atoms with van der Waals surface area (Å²) in [4.78, 5) is 0. The van der Waals surface area contributed by atoms with Crippen LogP contribution in [0.1, 0.15) is 12.3 Å². The molecule has 4 rings (SSSR count). The van der Waals surface area contributed by atoms with Gasteiger partial charge in [-0.1, -0.05) is 48.3 Å². The number of hydrogen-bond acceptors (Lipinski definition) is 1. The molecule has 0 aliphatic rings. The maximum Gasteiger partial charge on any atom is 0.123 e. The summed E-state index contributed by atoms with van der Waals surface area (Å²) in [5.74, 6) is -0.686. The molecule has 1 nitrogen and oxygen atoms in total. The summed E-state index contributed by atoms with van der Waals surface area (Å²) in [6, 6.07) is -4.40. The normalized spacial score (nSPS) is 19.2. The molecule has 0 atom stereocenters. The molecule has 0 aromatic heterocycles. The van der Waals surface area contributed by atoms with Gasteiger partial charge in [0.15, 0.2) is 0 Å². The number of benzene rings is 4. The van der Waals surface area contributed by atoms with Gasteiger partial charge in [0.05, 0.1) is 12.3 Å². The number of rotatable bonds is 0. The fourth-order valence-electron chi connectivity index (χ4n) is 2.05. The second-order valence-electron chi connectivity index (χ2n) is 3.72. The van der Waals surface area contributed by atoms with Gasteiger partial charge in [-0.3, -0.25) is 0 Å². The van der Waals surface area contributed by atoms with Crippen molar-refractivity contribution in [1.82, 2.24) is 0 Å². The zero-order chi connectivity index (χ0) is 19.2. The van der Waals surface area contributed by atoms with Gasteiger partial charge in [-0.25, -0.2) is 0 Å². The average Bonchev–Trinajstić information content (AvgIpc) is 2.60. The van der Waals surface area contributed by atoms with E-state index < -0.39 is 60.1 Å². The Morgan fingerprint density at radius 2 is 1.29 bits per heavy atom. The molecular formula is C16H10O. The van der Waals surface area contributed by atoms with Crippen LogP contribution in [-0.2, 0) is 0 Å².